The summed E-state index contributed by atoms with van der Waals surface area (Å²) in [6.45, 7) is 0. The van der Waals surface area contributed by atoms with Crippen LogP contribution in [0.1, 0.15) is 0 Å². The molecule has 0 unspecified atom stereocenters. The predicted molar refractivity (Wildman–Crippen MR) is 68.8 cm³/mol. The van der Waals surface area contributed by atoms with E-state index in [-0.39, 0.29) is 23.0 Å². The lowest BCUT2D eigenvalue weighted by molar-refractivity contribution is 0.211. The van der Waals surface area contributed by atoms with Gasteiger partial charge in [-0.1, -0.05) is 0 Å². The van der Waals surface area contributed by atoms with Gasteiger partial charge >= 0.3 is 6.09 Å². The van der Waals surface area contributed by atoms with Gasteiger partial charge in [0.05, 0.1) is 0 Å². The molecule has 100 valence electrons. The number of primary amides is 1. The van der Waals surface area contributed by atoms with Crippen molar-refractivity contribution in [3.8, 4) is 23.0 Å². The lowest BCUT2D eigenvalue weighted by Crippen LogP contribution is -2.18. The topological polar surface area (TPSA) is 116 Å². The van der Waals surface area contributed by atoms with Gasteiger partial charge in [-0.05, 0) is 12.1 Å². The fourth-order valence-corrected chi connectivity index (χ4v) is 1.85. The number of ether oxygens (including phenoxy) is 1. The molecule has 0 saturated heterocycles. The standard InChI is InChI=1S/C13H8N2O5/c14-13(18)20-11-5-7(17)4-10-12(11)15-8-2-1-6(16)3-9(8)19-10/h1-5,16H,(H2,14,18). The first-order valence-electron chi connectivity index (χ1n) is 5.58. The van der Waals surface area contributed by atoms with E-state index in [0.717, 1.165) is 6.07 Å². The van der Waals surface area contributed by atoms with Crippen molar-refractivity contribution in [1.82, 2.24) is 4.98 Å². The third-order valence-corrected chi connectivity index (χ3v) is 2.62. The zero-order valence-corrected chi connectivity index (χ0v) is 9.99. The van der Waals surface area contributed by atoms with E-state index in [1.165, 1.54) is 24.3 Å². The van der Waals surface area contributed by atoms with E-state index in [2.05, 4.69) is 4.98 Å². The molecular weight excluding hydrogens is 264 g/mol. The molecule has 0 radical (unpaired) electrons. The van der Waals surface area contributed by atoms with Gasteiger partial charge in [0, 0.05) is 18.2 Å². The molecule has 20 heavy (non-hydrogen) atoms. The molecule has 0 fully saturated rings. The molecule has 1 heterocycles. The maximum absolute atomic E-state index is 11.5. The molecular formula is C13H8N2O5. The molecule has 0 spiro atoms. The molecule has 0 saturated carbocycles. The molecule has 1 aromatic rings. The Morgan fingerprint density at radius 1 is 1.30 bits per heavy atom. The molecule has 1 aliphatic heterocycles. The largest absolute Gasteiger partial charge is 0.508 e. The van der Waals surface area contributed by atoms with Crippen molar-refractivity contribution < 1.29 is 19.1 Å². The predicted octanol–water partition coefficient (Wildman–Crippen LogP) is 1.46. The van der Waals surface area contributed by atoms with E-state index in [9.17, 15) is 14.7 Å². The maximum Gasteiger partial charge on any atom is 0.410 e. The number of nitrogens with zero attached hydrogens (tertiary/aromatic N) is 1. The third kappa shape index (κ3) is 2.01. The smallest absolute Gasteiger partial charge is 0.410 e. The lowest BCUT2D eigenvalue weighted by atomic mass is 10.2. The monoisotopic (exact) mass is 272 g/mol. The number of hydrogen-bond donors (Lipinski definition) is 2. The van der Waals surface area contributed by atoms with Crippen LogP contribution in [0.2, 0.25) is 0 Å². The van der Waals surface area contributed by atoms with Crippen molar-refractivity contribution in [2.24, 2.45) is 5.73 Å². The molecule has 7 heteroatoms. The molecule has 3 rings (SSSR count). The number of aromatic hydroxyl groups is 1. The number of nitrogens with two attached hydrogens (primary N) is 1. The van der Waals surface area contributed by atoms with Crippen LogP contribution >= 0.6 is 0 Å². The highest BCUT2D eigenvalue weighted by molar-refractivity contribution is 5.80. The molecule has 1 aliphatic carbocycles. The van der Waals surface area contributed by atoms with Crippen LogP contribution in [0.15, 0.2) is 39.5 Å². The summed E-state index contributed by atoms with van der Waals surface area (Å²) in [7, 11) is 0. The summed E-state index contributed by atoms with van der Waals surface area (Å²) in [5, 5.41) is 9.40. The fourth-order valence-electron chi connectivity index (χ4n) is 1.85. The summed E-state index contributed by atoms with van der Waals surface area (Å²) >= 11 is 0. The Morgan fingerprint density at radius 3 is 2.85 bits per heavy atom. The summed E-state index contributed by atoms with van der Waals surface area (Å²) in [4.78, 5) is 26.6. The van der Waals surface area contributed by atoms with E-state index < -0.39 is 11.5 Å². The highest BCUT2D eigenvalue weighted by Crippen LogP contribution is 2.32. The van der Waals surface area contributed by atoms with Crippen molar-refractivity contribution >= 4 is 17.2 Å². The number of hydrogen-bond acceptors (Lipinski definition) is 6. The zero-order chi connectivity index (χ0) is 14.3. The van der Waals surface area contributed by atoms with Crippen LogP contribution in [-0.4, -0.2) is 16.2 Å². The second kappa shape index (κ2) is 4.23. The molecule has 2 aliphatic rings. The average Bonchev–Trinajstić information content (AvgIpc) is 2.35. The van der Waals surface area contributed by atoms with Crippen LogP contribution < -0.4 is 15.9 Å². The van der Waals surface area contributed by atoms with Gasteiger partial charge in [-0.25, -0.2) is 9.78 Å². The zero-order valence-electron chi connectivity index (χ0n) is 9.99. The van der Waals surface area contributed by atoms with Gasteiger partial charge in [-0.15, -0.1) is 0 Å². The van der Waals surface area contributed by atoms with E-state index in [1.54, 1.807) is 0 Å². The van der Waals surface area contributed by atoms with Crippen molar-refractivity contribution in [3.63, 3.8) is 0 Å². The minimum atomic E-state index is -1.05. The minimum Gasteiger partial charge on any atom is -0.508 e. The molecule has 0 atom stereocenters. The number of rotatable bonds is 1. The van der Waals surface area contributed by atoms with Crippen LogP contribution in [0, 0.1) is 0 Å². The average molecular weight is 272 g/mol. The van der Waals surface area contributed by atoms with E-state index >= 15 is 0 Å². The highest BCUT2D eigenvalue weighted by Gasteiger charge is 2.18. The van der Waals surface area contributed by atoms with Gasteiger partial charge < -0.3 is 20.0 Å². The first-order valence-corrected chi connectivity index (χ1v) is 5.58. The second-order valence-electron chi connectivity index (χ2n) is 4.06. The van der Waals surface area contributed by atoms with Gasteiger partial charge in [0.25, 0.3) is 0 Å². The number of phenols is 1. The van der Waals surface area contributed by atoms with Crippen LogP contribution in [0.5, 0.6) is 11.5 Å². The quantitative estimate of drug-likeness (QED) is 0.648. The Kier molecular flexibility index (Phi) is 2.53. The number of phenolic OH excluding ortho intramolecular Hbond substituents is 1. The number of carbonyl (C=O) groups is 1. The SMILES string of the molecule is NC(=O)Oc1cc(=O)cc2oc3cc(O)ccc3nc1-2. The van der Waals surface area contributed by atoms with Crippen LogP contribution in [0.4, 0.5) is 4.79 Å². The van der Waals surface area contributed by atoms with Gasteiger partial charge in [-0.3, -0.25) is 4.79 Å². The van der Waals surface area contributed by atoms with Crippen LogP contribution in [-0.2, 0) is 0 Å². The van der Waals surface area contributed by atoms with Crippen molar-refractivity contribution in [2.45, 2.75) is 0 Å². The summed E-state index contributed by atoms with van der Waals surface area (Å²) in [6.07, 6.45) is -1.05. The van der Waals surface area contributed by atoms with Crippen LogP contribution in [0.3, 0.4) is 0 Å². The van der Waals surface area contributed by atoms with E-state index in [0.29, 0.717) is 11.1 Å². The molecule has 1 amide bonds. The van der Waals surface area contributed by atoms with Crippen molar-refractivity contribution in [3.05, 3.63) is 40.6 Å². The number of benzene rings is 2. The third-order valence-electron chi connectivity index (χ3n) is 2.62. The van der Waals surface area contributed by atoms with E-state index in [1.807, 2.05) is 0 Å². The number of aromatic nitrogens is 1. The Bertz CT molecular complexity index is 855. The Morgan fingerprint density at radius 2 is 2.10 bits per heavy atom. The molecule has 7 nitrogen and oxygen atoms in total. The molecule has 3 N–H and O–H groups in total. The normalized spacial score (nSPS) is 10.8. The first kappa shape index (κ1) is 12.0. The Hall–Kier alpha value is -3.09. The summed E-state index contributed by atoms with van der Waals surface area (Å²) in [5.74, 6) is 0.0693. The Balaban J connectivity index is 2.35. The number of amides is 1. The van der Waals surface area contributed by atoms with Gasteiger partial charge in [0.1, 0.15) is 17.0 Å². The first-order chi connectivity index (χ1) is 9.52. The van der Waals surface area contributed by atoms with Crippen LogP contribution in [0.25, 0.3) is 22.6 Å². The molecule has 1 aromatic carbocycles. The van der Waals surface area contributed by atoms with Crippen molar-refractivity contribution in [1.29, 1.82) is 0 Å². The summed E-state index contributed by atoms with van der Waals surface area (Å²) in [6, 6.07) is 6.65. The molecule has 0 aromatic heterocycles. The van der Waals surface area contributed by atoms with Gasteiger partial charge in [-0.2, -0.15) is 0 Å². The molecule has 0 bridgehead atoms. The van der Waals surface area contributed by atoms with E-state index in [4.69, 9.17) is 14.9 Å². The lowest BCUT2D eigenvalue weighted by Gasteiger charge is -2.09. The number of fused-ring (bicyclic) bond motifs is 2. The minimum absolute atomic E-state index is 0.00860. The maximum atomic E-state index is 11.5. The number of carbonyl (C=O) groups excluding carboxylic acids is 1. The van der Waals surface area contributed by atoms with Gasteiger partial charge in [0.2, 0.25) is 0 Å². The Labute approximate surface area is 111 Å². The summed E-state index contributed by atoms with van der Waals surface area (Å²) in [5.41, 5.74) is 5.45. The fraction of sp³-hybridized carbons (Fsp3) is 0. The highest BCUT2D eigenvalue weighted by atomic mass is 16.5. The second-order valence-corrected chi connectivity index (χ2v) is 4.06. The van der Waals surface area contributed by atoms with Crippen molar-refractivity contribution in [2.75, 3.05) is 0 Å². The summed E-state index contributed by atoms with van der Waals surface area (Å²) < 4.78 is 10.2. The van der Waals surface area contributed by atoms with Gasteiger partial charge in [0.15, 0.2) is 22.5 Å².